The highest BCUT2D eigenvalue weighted by Crippen LogP contribution is 2.38. The van der Waals surface area contributed by atoms with E-state index >= 15 is 0 Å². The third kappa shape index (κ3) is 1.65. The van der Waals surface area contributed by atoms with Crippen molar-refractivity contribution in [1.82, 2.24) is 9.78 Å². The first-order valence-electron chi connectivity index (χ1n) is 6.20. The summed E-state index contributed by atoms with van der Waals surface area (Å²) >= 11 is 0. The Labute approximate surface area is 106 Å². The lowest BCUT2D eigenvalue weighted by molar-refractivity contribution is 0.186. The summed E-state index contributed by atoms with van der Waals surface area (Å²) in [6.07, 6.45) is 0. The molecule has 2 unspecified atom stereocenters. The fourth-order valence-electron chi connectivity index (χ4n) is 2.61. The Bertz CT molecular complexity index is 576. The monoisotopic (exact) mass is 243 g/mol. The summed E-state index contributed by atoms with van der Waals surface area (Å²) in [5.41, 5.74) is 8.16. The maximum Gasteiger partial charge on any atom is 0.124 e. The molecule has 4 nitrogen and oxygen atoms in total. The second kappa shape index (κ2) is 4.05. The van der Waals surface area contributed by atoms with E-state index in [1.807, 2.05) is 35.9 Å². The van der Waals surface area contributed by atoms with Crippen molar-refractivity contribution in [2.24, 2.45) is 5.92 Å². The van der Waals surface area contributed by atoms with E-state index in [9.17, 15) is 0 Å². The van der Waals surface area contributed by atoms with Crippen molar-refractivity contribution >= 4 is 5.82 Å². The minimum atomic E-state index is 0.156. The van der Waals surface area contributed by atoms with Crippen LogP contribution in [0.15, 0.2) is 30.3 Å². The van der Waals surface area contributed by atoms with Crippen LogP contribution in [0.2, 0.25) is 0 Å². The average molecular weight is 243 g/mol. The number of hydrogen-bond acceptors (Lipinski definition) is 3. The second-order valence-corrected chi connectivity index (χ2v) is 4.93. The highest BCUT2D eigenvalue weighted by Gasteiger charge is 2.30. The molecule has 18 heavy (non-hydrogen) atoms. The van der Waals surface area contributed by atoms with Crippen LogP contribution in [0.3, 0.4) is 0 Å². The van der Waals surface area contributed by atoms with Crippen molar-refractivity contribution in [3.63, 3.8) is 0 Å². The molecule has 0 fully saturated rings. The molecule has 2 N–H and O–H groups in total. The number of fused-ring (bicyclic) bond motifs is 1. The molecular weight excluding hydrogens is 226 g/mol. The summed E-state index contributed by atoms with van der Waals surface area (Å²) in [6, 6.07) is 10.2. The molecule has 2 heterocycles. The predicted octanol–water partition coefficient (Wildman–Crippen LogP) is 2.39. The van der Waals surface area contributed by atoms with Crippen LogP contribution >= 0.6 is 0 Å². The van der Waals surface area contributed by atoms with Crippen LogP contribution in [0.1, 0.15) is 24.2 Å². The average Bonchev–Trinajstić information content (AvgIpc) is 2.68. The Morgan fingerprint density at radius 3 is 2.89 bits per heavy atom. The molecule has 0 saturated carbocycles. The lowest BCUT2D eigenvalue weighted by atomic mass is 9.92. The lowest BCUT2D eigenvalue weighted by Gasteiger charge is -2.32. The molecule has 2 atom stereocenters. The number of rotatable bonds is 1. The number of nitrogen functional groups attached to an aromatic ring is 1. The molecule has 94 valence electrons. The summed E-state index contributed by atoms with van der Waals surface area (Å²) < 4.78 is 7.67. The highest BCUT2D eigenvalue weighted by atomic mass is 16.5. The van der Waals surface area contributed by atoms with Crippen molar-refractivity contribution < 1.29 is 4.74 Å². The number of anilines is 1. The first-order chi connectivity index (χ1) is 8.66. The van der Waals surface area contributed by atoms with Gasteiger partial charge in [-0.2, -0.15) is 5.10 Å². The Hall–Kier alpha value is -1.97. The van der Waals surface area contributed by atoms with E-state index in [0.29, 0.717) is 18.3 Å². The van der Waals surface area contributed by atoms with Crippen LogP contribution in [0.25, 0.3) is 0 Å². The molecule has 0 spiro atoms. The first kappa shape index (κ1) is 11.1. The largest absolute Gasteiger partial charge is 0.493 e. The van der Waals surface area contributed by atoms with Gasteiger partial charge in [0, 0.05) is 17.5 Å². The van der Waals surface area contributed by atoms with Crippen LogP contribution in [0.4, 0.5) is 5.82 Å². The van der Waals surface area contributed by atoms with E-state index in [1.165, 1.54) is 0 Å². The molecule has 0 bridgehead atoms. The zero-order chi connectivity index (χ0) is 12.7. The van der Waals surface area contributed by atoms with Crippen LogP contribution in [0.5, 0.6) is 5.75 Å². The van der Waals surface area contributed by atoms with E-state index in [-0.39, 0.29) is 6.04 Å². The molecule has 0 aliphatic carbocycles. The van der Waals surface area contributed by atoms with Crippen LogP contribution in [-0.2, 0) is 0 Å². The zero-order valence-corrected chi connectivity index (χ0v) is 10.6. The number of hydrogen-bond donors (Lipinski definition) is 1. The molecule has 1 aliphatic rings. The van der Waals surface area contributed by atoms with E-state index in [0.717, 1.165) is 17.0 Å². The van der Waals surface area contributed by atoms with Gasteiger partial charge in [0.15, 0.2) is 0 Å². The van der Waals surface area contributed by atoms with Gasteiger partial charge < -0.3 is 10.5 Å². The molecular formula is C14H17N3O. The van der Waals surface area contributed by atoms with E-state index in [1.54, 1.807) is 0 Å². The molecule has 1 aromatic carbocycles. The van der Waals surface area contributed by atoms with Gasteiger partial charge in [-0.1, -0.05) is 25.1 Å². The van der Waals surface area contributed by atoms with Gasteiger partial charge in [-0.3, -0.25) is 0 Å². The Morgan fingerprint density at radius 2 is 2.17 bits per heavy atom. The van der Waals surface area contributed by atoms with Crippen LogP contribution in [0, 0.1) is 12.8 Å². The molecule has 2 aromatic rings. The van der Waals surface area contributed by atoms with Gasteiger partial charge in [-0.05, 0) is 13.0 Å². The summed E-state index contributed by atoms with van der Waals surface area (Å²) in [5.74, 6) is 2.00. The number of benzene rings is 1. The highest BCUT2D eigenvalue weighted by molar-refractivity contribution is 5.41. The number of para-hydroxylation sites is 1. The third-order valence-corrected chi connectivity index (χ3v) is 3.43. The van der Waals surface area contributed by atoms with Crippen molar-refractivity contribution in [3.8, 4) is 5.75 Å². The van der Waals surface area contributed by atoms with Crippen LogP contribution in [-0.4, -0.2) is 16.4 Å². The minimum absolute atomic E-state index is 0.156. The maximum absolute atomic E-state index is 6.05. The first-order valence-corrected chi connectivity index (χ1v) is 6.20. The normalized spacial score (nSPS) is 22.3. The Balaban J connectivity index is 2.13. The number of nitrogens with two attached hydrogens (primary N) is 1. The Kier molecular flexibility index (Phi) is 2.51. The third-order valence-electron chi connectivity index (χ3n) is 3.43. The van der Waals surface area contributed by atoms with Crippen LogP contribution < -0.4 is 10.5 Å². The minimum Gasteiger partial charge on any atom is -0.493 e. The second-order valence-electron chi connectivity index (χ2n) is 4.93. The van der Waals surface area contributed by atoms with E-state index < -0.39 is 0 Å². The van der Waals surface area contributed by atoms with E-state index in [2.05, 4.69) is 18.1 Å². The van der Waals surface area contributed by atoms with Gasteiger partial charge in [0.05, 0.1) is 18.3 Å². The van der Waals surface area contributed by atoms with Gasteiger partial charge >= 0.3 is 0 Å². The van der Waals surface area contributed by atoms with Gasteiger partial charge in [0.2, 0.25) is 0 Å². The topological polar surface area (TPSA) is 53.1 Å². The number of ether oxygens (including phenoxy) is 1. The number of nitrogens with zero attached hydrogens (tertiary/aromatic N) is 2. The van der Waals surface area contributed by atoms with Gasteiger partial charge in [0.25, 0.3) is 0 Å². The molecule has 0 amide bonds. The molecule has 3 rings (SSSR count). The molecule has 0 saturated heterocycles. The Morgan fingerprint density at radius 1 is 1.39 bits per heavy atom. The fourth-order valence-corrected chi connectivity index (χ4v) is 2.61. The summed E-state index contributed by atoms with van der Waals surface area (Å²) in [5, 5.41) is 4.52. The van der Waals surface area contributed by atoms with Crippen molar-refractivity contribution in [2.45, 2.75) is 19.9 Å². The summed E-state index contributed by atoms with van der Waals surface area (Å²) in [4.78, 5) is 0. The quantitative estimate of drug-likeness (QED) is 0.836. The molecule has 1 aliphatic heterocycles. The molecule has 4 heteroatoms. The van der Waals surface area contributed by atoms with Crippen molar-refractivity contribution in [3.05, 3.63) is 41.6 Å². The predicted molar refractivity (Wildman–Crippen MR) is 70.6 cm³/mol. The maximum atomic E-state index is 6.05. The number of aryl methyl sites for hydroxylation is 1. The summed E-state index contributed by atoms with van der Waals surface area (Å²) in [7, 11) is 0. The lowest BCUT2D eigenvalue weighted by Crippen LogP contribution is -2.30. The molecule has 0 radical (unpaired) electrons. The SMILES string of the molecule is Cc1cc(N)n(C2c3ccccc3OCC2C)n1. The summed E-state index contributed by atoms with van der Waals surface area (Å²) in [6.45, 7) is 4.82. The van der Waals surface area contributed by atoms with E-state index in [4.69, 9.17) is 10.5 Å². The fraction of sp³-hybridized carbons (Fsp3) is 0.357. The standard InChI is InChI=1S/C14H17N3O/c1-9-8-18-12-6-4-3-5-11(12)14(9)17-13(15)7-10(2)16-17/h3-7,9,14H,8,15H2,1-2H3. The van der Waals surface area contributed by atoms with Gasteiger partial charge in [-0.25, -0.2) is 4.68 Å². The smallest absolute Gasteiger partial charge is 0.124 e. The van der Waals surface area contributed by atoms with Crippen molar-refractivity contribution in [1.29, 1.82) is 0 Å². The van der Waals surface area contributed by atoms with Gasteiger partial charge in [-0.15, -0.1) is 0 Å². The molecule has 1 aromatic heterocycles. The van der Waals surface area contributed by atoms with Crippen molar-refractivity contribution in [2.75, 3.05) is 12.3 Å². The zero-order valence-electron chi connectivity index (χ0n) is 10.6. The number of aromatic nitrogens is 2. The van der Waals surface area contributed by atoms with Gasteiger partial charge in [0.1, 0.15) is 11.6 Å².